The molecule has 0 amide bonds. The van der Waals surface area contributed by atoms with Crippen LogP contribution in [0.5, 0.6) is 0 Å². The molecule has 0 saturated carbocycles. The van der Waals surface area contributed by atoms with Gasteiger partial charge in [-0.3, -0.25) is 4.68 Å². The number of aromatic nitrogens is 4. The number of carboxylic acids is 1. The van der Waals surface area contributed by atoms with Crippen LogP contribution in [0.1, 0.15) is 15.4 Å². The molecule has 0 aliphatic heterocycles. The molecule has 4 aromatic rings. The van der Waals surface area contributed by atoms with E-state index in [9.17, 15) is 9.90 Å². The van der Waals surface area contributed by atoms with Crippen LogP contribution in [0.2, 0.25) is 5.02 Å². The number of hydrogen-bond acceptors (Lipinski definition) is 5. The van der Waals surface area contributed by atoms with E-state index < -0.39 is 5.97 Å². The summed E-state index contributed by atoms with van der Waals surface area (Å²) < 4.78 is 1.62. The highest BCUT2D eigenvalue weighted by Gasteiger charge is 2.16. The maximum Gasteiger partial charge on any atom is 0.337 e. The average Bonchev–Trinajstić information content (AvgIpc) is 3.23. The third-order valence-corrected chi connectivity index (χ3v) is 4.88. The Morgan fingerprint density at radius 1 is 1.20 bits per heavy atom. The predicted octanol–water partition coefficient (Wildman–Crippen LogP) is 3.95. The Morgan fingerprint density at radius 2 is 2.00 bits per heavy atom. The lowest BCUT2D eigenvalue weighted by molar-refractivity contribution is 0.0698. The van der Waals surface area contributed by atoms with Crippen LogP contribution in [0.4, 0.5) is 0 Å². The second kappa shape index (κ2) is 6.27. The van der Waals surface area contributed by atoms with Gasteiger partial charge in [-0.05, 0) is 12.1 Å². The van der Waals surface area contributed by atoms with Gasteiger partial charge in [0.05, 0.1) is 23.8 Å². The molecule has 4 rings (SSSR count). The molecule has 1 N–H and O–H groups in total. The van der Waals surface area contributed by atoms with Gasteiger partial charge in [0.15, 0.2) is 0 Å². The van der Waals surface area contributed by atoms with Gasteiger partial charge in [0.25, 0.3) is 0 Å². The molecule has 0 bridgehead atoms. The van der Waals surface area contributed by atoms with E-state index in [0.29, 0.717) is 22.5 Å². The Hall–Kier alpha value is -2.77. The fraction of sp³-hybridized carbons (Fsp3) is 0.0588. The van der Waals surface area contributed by atoms with Crippen molar-refractivity contribution in [3.63, 3.8) is 0 Å². The van der Waals surface area contributed by atoms with Gasteiger partial charge in [-0.25, -0.2) is 4.79 Å². The van der Waals surface area contributed by atoms with Gasteiger partial charge in [0, 0.05) is 16.0 Å². The van der Waals surface area contributed by atoms with E-state index in [-0.39, 0.29) is 5.56 Å². The lowest BCUT2D eigenvalue weighted by atomic mass is 10.1. The highest BCUT2D eigenvalue weighted by Crippen LogP contribution is 2.27. The zero-order chi connectivity index (χ0) is 17.4. The summed E-state index contributed by atoms with van der Waals surface area (Å²) >= 11 is 7.44. The van der Waals surface area contributed by atoms with Crippen LogP contribution in [-0.2, 0) is 6.54 Å². The first-order valence-corrected chi connectivity index (χ1v) is 8.57. The third-order valence-electron chi connectivity index (χ3n) is 3.70. The number of rotatable bonds is 4. The minimum absolute atomic E-state index is 0.118. The molecule has 0 aliphatic rings. The van der Waals surface area contributed by atoms with Crippen LogP contribution in [-0.4, -0.2) is 31.1 Å². The Kier molecular flexibility index (Phi) is 3.95. The molecule has 124 valence electrons. The summed E-state index contributed by atoms with van der Waals surface area (Å²) in [6.07, 6.45) is 1.60. The molecule has 6 nitrogen and oxygen atoms in total. The van der Waals surface area contributed by atoms with Crippen molar-refractivity contribution in [1.82, 2.24) is 20.0 Å². The van der Waals surface area contributed by atoms with Crippen molar-refractivity contribution in [2.24, 2.45) is 0 Å². The van der Waals surface area contributed by atoms with Gasteiger partial charge in [-0.15, -0.1) is 10.2 Å². The van der Waals surface area contributed by atoms with Crippen LogP contribution in [0.15, 0.2) is 48.7 Å². The normalized spacial score (nSPS) is 11.1. The van der Waals surface area contributed by atoms with E-state index in [2.05, 4.69) is 15.3 Å². The number of halogens is 1. The van der Waals surface area contributed by atoms with Gasteiger partial charge in [-0.1, -0.05) is 53.3 Å². The summed E-state index contributed by atoms with van der Waals surface area (Å²) in [6, 6.07) is 12.9. The number of aromatic carboxylic acids is 1. The Morgan fingerprint density at radius 3 is 2.76 bits per heavy atom. The van der Waals surface area contributed by atoms with Crippen LogP contribution in [0.3, 0.4) is 0 Å². The van der Waals surface area contributed by atoms with Crippen LogP contribution >= 0.6 is 22.9 Å². The van der Waals surface area contributed by atoms with Gasteiger partial charge < -0.3 is 5.11 Å². The van der Waals surface area contributed by atoms with Crippen molar-refractivity contribution in [3.05, 3.63) is 64.3 Å². The van der Waals surface area contributed by atoms with Crippen molar-refractivity contribution < 1.29 is 9.90 Å². The highest BCUT2D eigenvalue weighted by molar-refractivity contribution is 7.14. The van der Waals surface area contributed by atoms with E-state index in [1.807, 2.05) is 30.3 Å². The molecule has 2 aromatic heterocycles. The number of fused-ring (bicyclic) bond motifs is 1. The fourth-order valence-electron chi connectivity index (χ4n) is 2.62. The molecule has 0 atom stereocenters. The molecule has 0 unspecified atom stereocenters. The molecule has 0 radical (unpaired) electrons. The molecule has 25 heavy (non-hydrogen) atoms. The van der Waals surface area contributed by atoms with Gasteiger partial charge >= 0.3 is 5.97 Å². The third kappa shape index (κ3) is 2.99. The number of benzene rings is 2. The quantitative estimate of drug-likeness (QED) is 0.588. The standard InChI is InChI=1S/C17H11ClN4O2S/c18-12-6-11-8-19-22(15(11)13(7-12)17(23)24)9-14-20-21-16(25-14)10-4-2-1-3-5-10/h1-8H,9H2,(H,23,24). The van der Waals surface area contributed by atoms with Crippen molar-refractivity contribution >= 4 is 39.8 Å². The monoisotopic (exact) mass is 370 g/mol. The van der Waals surface area contributed by atoms with Gasteiger partial charge in [0.2, 0.25) is 0 Å². The minimum atomic E-state index is -1.04. The molecular weight excluding hydrogens is 360 g/mol. The molecule has 0 saturated heterocycles. The molecule has 0 aliphatic carbocycles. The zero-order valence-corrected chi connectivity index (χ0v) is 14.3. The minimum Gasteiger partial charge on any atom is -0.478 e. The Balaban J connectivity index is 1.72. The highest BCUT2D eigenvalue weighted by atomic mass is 35.5. The number of carbonyl (C=O) groups is 1. The summed E-state index contributed by atoms with van der Waals surface area (Å²) in [5.74, 6) is -1.04. The fourth-order valence-corrected chi connectivity index (χ4v) is 3.68. The topological polar surface area (TPSA) is 80.9 Å². The van der Waals surface area contributed by atoms with Crippen molar-refractivity contribution in [3.8, 4) is 10.6 Å². The van der Waals surface area contributed by atoms with Crippen molar-refractivity contribution in [1.29, 1.82) is 0 Å². The molecule has 0 fully saturated rings. The second-order valence-electron chi connectivity index (χ2n) is 5.37. The smallest absolute Gasteiger partial charge is 0.337 e. The van der Waals surface area contributed by atoms with E-state index in [0.717, 1.165) is 15.6 Å². The second-order valence-corrected chi connectivity index (χ2v) is 6.86. The summed E-state index contributed by atoms with van der Waals surface area (Å²) in [5.41, 5.74) is 1.63. The summed E-state index contributed by atoms with van der Waals surface area (Å²) in [5, 5.41) is 24.7. The SMILES string of the molecule is O=C(O)c1cc(Cl)cc2cnn(Cc3nnc(-c4ccccc4)s3)c12. The molecule has 8 heteroatoms. The van der Waals surface area contributed by atoms with Crippen LogP contribution in [0, 0.1) is 0 Å². The van der Waals surface area contributed by atoms with E-state index in [4.69, 9.17) is 11.6 Å². The molecular formula is C17H11ClN4O2S. The Labute approximate surface area is 151 Å². The maximum absolute atomic E-state index is 11.5. The molecule has 0 spiro atoms. The van der Waals surface area contributed by atoms with Crippen LogP contribution in [0.25, 0.3) is 21.5 Å². The summed E-state index contributed by atoms with van der Waals surface area (Å²) in [7, 11) is 0. The maximum atomic E-state index is 11.5. The summed E-state index contributed by atoms with van der Waals surface area (Å²) in [4.78, 5) is 11.5. The number of nitrogens with zero attached hydrogens (tertiary/aromatic N) is 4. The lowest BCUT2D eigenvalue weighted by Gasteiger charge is -2.04. The molecule has 2 heterocycles. The van der Waals surface area contributed by atoms with E-state index in [1.165, 1.54) is 17.4 Å². The predicted molar refractivity (Wildman–Crippen MR) is 96.1 cm³/mol. The van der Waals surface area contributed by atoms with Gasteiger partial charge in [-0.2, -0.15) is 5.10 Å². The van der Waals surface area contributed by atoms with Gasteiger partial charge in [0.1, 0.15) is 10.0 Å². The van der Waals surface area contributed by atoms with Crippen molar-refractivity contribution in [2.45, 2.75) is 6.54 Å². The Bertz CT molecular complexity index is 1070. The first kappa shape index (κ1) is 15.7. The average molecular weight is 371 g/mol. The largest absolute Gasteiger partial charge is 0.478 e. The van der Waals surface area contributed by atoms with E-state index in [1.54, 1.807) is 16.9 Å². The zero-order valence-electron chi connectivity index (χ0n) is 12.8. The first-order chi connectivity index (χ1) is 12.1. The van der Waals surface area contributed by atoms with Crippen LogP contribution < -0.4 is 0 Å². The number of carboxylic acid groups (broad SMARTS) is 1. The molecule has 2 aromatic carbocycles. The first-order valence-electron chi connectivity index (χ1n) is 7.38. The number of hydrogen-bond donors (Lipinski definition) is 1. The van der Waals surface area contributed by atoms with E-state index >= 15 is 0 Å². The lowest BCUT2D eigenvalue weighted by Crippen LogP contribution is -2.06. The summed E-state index contributed by atoms with van der Waals surface area (Å²) in [6.45, 7) is 0.343. The van der Waals surface area contributed by atoms with Crippen molar-refractivity contribution in [2.75, 3.05) is 0 Å².